The first-order valence-corrected chi connectivity index (χ1v) is 11.5. The Hall–Kier alpha value is -2.51. The second-order valence-corrected chi connectivity index (χ2v) is 8.89. The third kappa shape index (κ3) is 5.55. The van der Waals surface area contributed by atoms with Gasteiger partial charge in [0.05, 0.1) is 17.3 Å². The maximum Gasteiger partial charge on any atom is 0.241 e. The lowest BCUT2D eigenvalue weighted by molar-refractivity contribution is -0.126. The first kappa shape index (κ1) is 20.8. The number of piperidine rings is 1. The molecule has 0 saturated carbocycles. The van der Waals surface area contributed by atoms with Crippen molar-refractivity contribution in [3.05, 3.63) is 58.8 Å². The molecule has 3 heterocycles. The van der Waals surface area contributed by atoms with Gasteiger partial charge in [-0.3, -0.25) is 9.69 Å². The summed E-state index contributed by atoms with van der Waals surface area (Å²) in [7, 11) is 0. The molecule has 1 fully saturated rings. The molecule has 1 aromatic carbocycles. The number of carbonyl (C=O) groups is 1. The third-order valence-electron chi connectivity index (χ3n) is 5.47. The van der Waals surface area contributed by atoms with Crippen LogP contribution in [-0.2, 0) is 17.8 Å². The summed E-state index contributed by atoms with van der Waals surface area (Å²) in [6.45, 7) is 5.11. The number of benzene rings is 1. The van der Waals surface area contributed by atoms with Crippen LogP contribution in [0.4, 0.5) is 0 Å². The van der Waals surface area contributed by atoms with Crippen molar-refractivity contribution >= 4 is 17.2 Å². The summed E-state index contributed by atoms with van der Waals surface area (Å²) in [5.41, 5.74) is 2.61. The van der Waals surface area contributed by atoms with Gasteiger partial charge in [0.1, 0.15) is 0 Å². The van der Waals surface area contributed by atoms with E-state index in [4.69, 9.17) is 4.52 Å². The second-order valence-electron chi connectivity index (χ2n) is 7.95. The predicted molar refractivity (Wildman–Crippen MR) is 118 cm³/mol. The lowest BCUT2D eigenvalue weighted by Gasteiger charge is -2.30. The van der Waals surface area contributed by atoms with Crippen molar-refractivity contribution in [1.29, 1.82) is 0 Å². The van der Waals surface area contributed by atoms with E-state index in [1.54, 1.807) is 11.3 Å². The number of likely N-dealkylation sites (tertiary alicyclic amines) is 1. The van der Waals surface area contributed by atoms with Gasteiger partial charge in [0.25, 0.3) is 0 Å². The molecule has 0 aliphatic carbocycles. The Bertz CT molecular complexity index is 954. The molecular weight excluding hydrogens is 396 g/mol. The van der Waals surface area contributed by atoms with Crippen LogP contribution in [0, 0.1) is 12.8 Å². The number of nitrogens with one attached hydrogen (secondary N) is 1. The van der Waals surface area contributed by atoms with E-state index in [0.29, 0.717) is 18.3 Å². The zero-order valence-corrected chi connectivity index (χ0v) is 18.2. The van der Waals surface area contributed by atoms with E-state index >= 15 is 0 Å². The van der Waals surface area contributed by atoms with Crippen molar-refractivity contribution in [2.75, 3.05) is 19.6 Å². The van der Waals surface area contributed by atoms with Crippen molar-refractivity contribution in [1.82, 2.24) is 20.4 Å². The minimum atomic E-state index is 0.0254. The largest absolute Gasteiger partial charge is 0.356 e. The molecule has 158 valence electrons. The van der Waals surface area contributed by atoms with Gasteiger partial charge >= 0.3 is 0 Å². The Balaban J connectivity index is 1.22. The van der Waals surface area contributed by atoms with E-state index in [1.807, 2.05) is 17.5 Å². The normalized spacial score (nSPS) is 17.2. The summed E-state index contributed by atoms with van der Waals surface area (Å²) in [4.78, 5) is 20.4. The van der Waals surface area contributed by atoms with E-state index in [1.165, 1.54) is 11.1 Å². The summed E-state index contributed by atoms with van der Waals surface area (Å²) in [5.74, 6) is 1.43. The monoisotopic (exact) mass is 424 g/mol. The highest BCUT2D eigenvalue weighted by Gasteiger charge is 2.26. The number of aryl methyl sites for hydroxylation is 2. The van der Waals surface area contributed by atoms with Crippen LogP contribution in [0.25, 0.3) is 10.7 Å². The number of carbonyl (C=O) groups excluding carboxylic acids is 1. The topological polar surface area (TPSA) is 71.3 Å². The summed E-state index contributed by atoms with van der Waals surface area (Å²) in [6.07, 6.45) is 3.89. The molecular formula is C23H28N4O2S. The maximum atomic E-state index is 12.6. The second kappa shape index (κ2) is 10.00. The lowest BCUT2D eigenvalue weighted by Crippen LogP contribution is -2.43. The highest BCUT2D eigenvalue weighted by molar-refractivity contribution is 7.13. The molecule has 30 heavy (non-hydrogen) atoms. The average molecular weight is 425 g/mol. The average Bonchev–Trinajstić information content (AvgIpc) is 3.43. The van der Waals surface area contributed by atoms with Gasteiger partial charge in [-0.05, 0) is 56.2 Å². The van der Waals surface area contributed by atoms with Crippen LogP contribution >= 0.6 is 11.3 Å². The molecule has 6 nitrogen and oxygen atoms in total. The number of amides is 1. The van der Waals surface area contributed by atoms with Gasteiger partial charge in [-0.2, -0.15) is 4.98 Å². The van der Waals surface area contributed by atoms with Gasteiger partial charge < -0.3 is 9.84 Å². The molecule has 4 rings (SSSR count). The molecule has 1 amide bonds. The number of nitrogens with zero attached hydrogens (tertiary/aromatic N) is 3. The Labute approximate surface area is 181 Å². The molecule has 3 aromatic rings. The van der Waals surface area contributed by atoms with Gasteiger partial charge in [-0.15, -0.1) is 11.3 Å². The zero-order valence-electron chi connectivity index (χ0n) is 17.3. The Morgan fingerprint density at radius 3 is 3.10 bits per heavy atom. The standard InChI is InChI=1S/C23H28N4O2S/c1-17-6-2-7-18(14-17)8-3-11-24-23(28)19-9-4-12-27(15-19)16-21-25-22(26-29-21)20-10-5-13-30-20/h2,5-7,10,13-14,19H,3-4,8-9,11-12,15-16H2,1H3,(H,24,28). The van der Waals surface area contributed by atoms with Gasteiger partial charge in [0, 0.05) is 13.1 Å². The predicted octanol–water partition coefficient (Wildman–Crippen LogP) is 4.07. The molecule has 2 aromatic heterocycles. The van der Waals surface area contributed by atoms with Gasteiger partial charge in [0.2, 0.25) is 17.6 Å². The lowest BCUT2D eigenvalue weighted by atomic mass is 9.97. The quantitative estimate of drug-likeness (QED) is 0.552. The molecule has 7 heteroatoms. The maximum absolute atomic E-state index is 12.6. The van der Waals surface area contributed by atoms with E-state index in [2.05, 4.69) is 51.5 Å². The highest BCUT2D eigenvalue weighted by Crippen LogP contribution is 2.23. The summed E-state index contributed by atoms with van der Waals surface area (Å²) in [5, 5.41) is 9.21. The van der Waals surface area contributed by atoms with E-state index in [0.717, 1.165) is 50.2 Å². The van der Waals surface area contributed by atoms with Crippen molar-refractivity contribution in [3.63, 3.8) is 0 Å². The van der Waals surface area contributed by atoms with Crippen molar-refractivity contribution in [2.24, 2.45) is 5.92 Å². The Morgan fingerprint density at radius 1 is 1.33 bits per heavy atom. The van der Waals surface area contributed by atoms with Crippen LogP contribution in [0.3, 0.4) is 0 Å². The van der Waals surface area contributed by atoms with E-state index < -0.39 is 0 Å². The molecule has 1 atom stereocenters. The van der Waals surface area contributed by atoms with Gasteiger partial charge in [-0.1, -0.05) is 41.1 Å². The molecule has 1 saturated heterocycles. The van der Waals surface area contributed by atoms with Crippen molar-refractivity contribution in [3.8, 4) is 10.7 Å². The molecule has 1 aliphatic rings. The van der Waals surface area contributed by atoms with Crippen LogP contribution < -0.4 is 5.32 Å². The molecule has 0 spiro atoms. The fraction of sp³-hybridized carbons (Fsp3) is 0.435. The van der Waals surface area contributed by atoms with E-state index in [-0.39, 0.29) is 11.8 Å². The van der Waals surface area contributed by atoms with Gasteiger partial charge in [-0.25, -0.2) is 0 Å². The fourth-order valence-electron chi connectivity index (χ4n) is 3.95. The Kier molecular flexibility index (Phi) is 6.92. The number of thiophene rings is 1. The minimum absolute atomic E-state index is 0.0254. The SMILES string of the molecule is Cc1cccc(CCCNC(=O)C2CCCN(Cc3nc(-c4cccs4)no3)C2)c1. The van der Waals surface area contributed by atoms with Gasteiger partial charge in [0.15, 0.2) is 0 Å². The molecule has 1 aliphatic heterocycles. The fourth-order valence-corrected chi connectivity index (χ4v) is 4.59. The number of hydrogen-bond donors (Lipinski definition) is 1. The zero-order chi connectivity index (χ0) is 20.8. The molecule has 0 bridgehead atoms. The van der Waals surface area contributed by atoms with Crippen molar-refractivity contribution < 1.29 is 9.32 Å². The first-order chi connectivity index (χ1) is 14.7. The first-order valence-electron chi connectivity index (χ1n) is 10.6. The number of rotatable bonds is 8. The molecule has 1 unspecified atom stereocenters. The minimum Gasteiger partial charge on any atom is -0.356 e. The van der Waals surface area contributed by atoms with Crippen LogP contribution in [0.5, 0.6) is 0 Å². The van der Waals surface area contributed by atoms with Crippen molar-refractivity contribution in [2.45, 2.75) is 39.2 Å². The summed E-state index contributed by atoms with van der Waals surface area (Å²) < 4.78 is 5.42. The van der Waals surface area contributed by atoms with E-state index in [9.17, 15) is 4.79 Å². The highest BCUT2D eigenvalue weighted by atomic mass is 32.1. The molecule has 1 N–H and O–H groups in total. The van der Waals surface area contributed by atoms with Crippen LogP contribution in [0.15, 0.2) is 46.3 Å². The molecule has 0 radical (unpaired) electrons. The van der Waals surface area contributed by atoms with Crippen LogP contribution in [0.1, 0.15) is 36.3 Å². The summed E-state index contributed by atoms with van der Waals surface area (Å²) in [6, 6.07) is 12.5. The smallest absolute Gasteiger partial charge is 0.241 e. The third-order valence-corrected chi connectivity index (χ3v) is 6.33. The number of hydrogen-bond acceptors (Lipinski definition) is 6. The summed E-state index contributed by atoms with van der Waals surface area (Å²) >= 11 is 1.60. The Morgan fingerprint density at radius 2 is 2.27 bits per heavy atom. The number of aromatic nitrogens is 2. The van der Waals surface area contributed by atoms with Crippen LogP contribution in [0.2, 0.25) is 0 Å². The van der Waals surface area contributed by atoms with Crippen LogP contribution in [-0.4, -0.2) is 40.6 Å².